The van der Waals surface area contributed by atoms with Crippen molar-refractivity contribution in [3.63, 3.8) is 0 Å². The first kappa shape index (κ1) is 20.6. The molecular weight excluding hydrogens is 406 g/mol. The second kappa shape index (κ2) is 7.13. The Morgan fingerprint density at radius 2 is 2.00 bits per heavy atom. The molecular formula is C24H27N5O3. The Balaban J connectivity index is 1.55. The minimum Gasteiger partial charge on any atom is -0.474 e. The molecule has 5 rings (SSSR count). The monoisotopic (exact) mass is 433 g/mol. The van der Waals surface area contributed by atoms with E-state index < -0.39 is 11.1 Å². The fourth-order valence-electron chi connectivity index (χ4n) is 3.88. The summed E-state index contributed by atoms with van der Waals surface area (Å²) in [6, 6.07) is 5.43. The molecule has 0 saturated heterocycles. The number of nitrogens with zero attached hydrogens (tertiary/aromatic N) is 3. The summed E-state index contributed by atoms with van der Waals surface area (Å²) in [6.07, 6.45) is 6.66. The number of nitrogens with one attached hydrogen (secondary N) is 1. The van der Waals surface area contributed by atoms with Crippen LogP contribution >= 0.6 is 0 Å². The third-order valence-electron chi connectivity index (χ3n) is 6.18. The molecule has 32 heavy (non-hydrogen) atoms. The van der Waals surface area contributed by atoms with Gasteiger partial charge >= 0.3 is 5.97 Å². The summed E-state index contributed by atoms with van der Waals surface area (Å²) in [7, 11) is 0. The summed E-state index contributed by atoms with van der Waals surface area (Å²) in [6.45, 7) is 7.71. The quantitative estimate of drug-likeness (QED) is 0.554. The van der Waals surface area contributed by atoms with E-state index in [1.54, 1.807) is 18.3 Å². The van der Waals surface area contributed by atoms with Crippen molar-refractivity contribution < 1.29 is 14.3 Å². The van der Waals surface area contributed by atoms with Gasteiger partial charge in [-0.3, -0.25) is 0 Å². The van der Waals surface area contributed by atoms with Gasteiger partial charge < -0.3 is 20.5 Å². The van der Waals surface area contributed by atoms with Crippen molar-refractivity contribution in [3.8, 4) is 5.88 Å². The molecule has 0 spiro atoms. The maximum Gasteiger partial charge on any atom is 0.341 e. The van der Waals surface area contributed by atoms with Crippen molar-refractivity contribution in [1.82, 2.24) is 15.0 Å². The molecule has 3 aromatic rings. The number of carbonyl (C=O) groups excluding carboxylic acids is 1. The van der Waals surface area contributed by atoms with Crippen LogP contribution in [0.5, 0.6) is 5.88 Å². The zero-order chi connectivity index (χ0) is 22.7. The molecule has 8 nitrogen and oxygen atoms in total. The van der Waals surface area contributed by atoms with Gasteiger partial charge in [0.15, 0.2) is 0 Å². The zero-order valence-electron chi connectivity index (χ0n) is 18.7. The van der Waals surface area contributed by atoms with Crippen molar-refractivity contribution in [2.24, 2.45) is 5.73 Å². The van der Waals surface area contributed by atoms with Gasteiger partial charge in [-0.05, 0) is 69.2 Å². The van der Waals surface area contributed by atoms with E-state index in [9.17, 15) is 4.79 Å². The SMILES string of the molecule is CC[C@@](C)(N)c1cnc(OC2CC2)c2cnc(Nc3ccc4c(n3)C(C)(C)OC4=O)cc12. The number of pyridine rings is 3. The van der Waals surface area contributed by atoms with E-state index in [1.807, 2.05) is 33.0 Å². The number of hydrogen-bond acceptors (Lipinski definition) is 8. The lowest BCUT2D eigenvalue weighted by Gasteiger charge is -2.25. The largest absolute Gasteiger partial charge is 0.474 e. The summed E-state index contributed by atoms with van der Waals surface area (Å²) in [5, 5.41) is 5.04. The molecule has 0 amide bonds. The van der Waals surface area contributed by atoms with Crippen LogP contribution < -0.4 is 15.8 Å². The lowest BCUT2D eigenvalue weighted by molar-refractivity contribution is 0.00834. The predicted octanol–water partition coefficient (Wildman–Crippen LogP) is 4.30. The molecule has 166 valence electrons. The molecule has 1 aliphatic carbocycles. The van der Waals surface area contributed by atoms with Crippen LogP contribution in [0.1, 0.15) is 68.6 Å². The first-order valence-corrected chi connectivity index (χ1v) is 10.9. The summed E-state index contributed by atoms with van der Waals surface area (Å²) in [5.74, 6) is 1.43. The topological polar surface area (TPSA) is 112 Å². The van der Waals surface area contributed by atoms with Crippen LogP contribution in [0.4, 0.5) is 11.6 Å². The number of aromatic nitrogens is 3. The molecule has 0 radical (unpaired) electrons. The summed E-state index contributed by atoms with van der Waals surface area (Å²) >= 11 is 0. The Morgan fingerprint density at radius 1 is 1.22 bits per heavy atom. The first-order valence-electron chi connectivity index (χ1n) is 10.9. The molecule has 2 aliphatic rings. The standard InChI is InChI=1S/C24H27N5O3/c1-5-24(4,25)17-12-27-21(31-13-6-7-13)16-11-26-19(10-15(16)17)28-18-9-8-14-20(29-18)23(2,3)32-22(14)30/h8-13H,5-7,25H2,1-4H3,(H,26,28,29)/t24-/m1/s1. The van der Waals surface area contributed by atoms with Crippen LogP contribution in [-0.2, 0) is 15.9 Å². The normalized spacial score (nSPS) is 18.7. The second-order valence-corrected chi connectivity index (χ2v) is 9.30. The highest BCUT2D eigenvalue weighted by Crippen LogP contribution is 2.38. The third kappa shape index (κ3) is 3.54. The van der Waals surface area contributed by atoms with Crippen molar-refractivity contribution >= 4 is 28.4 Å². The maximum absolute atomic E-state index is 12.0. The summed E-state index contributed by atoms with van der Waals surface area (Å²) in [4.78, 5) is 25.8. The van der Waals surface area contributed by atoms with Gasteiger partial charge in [-0.2, -0.15) is 0 Å². The molecule has 8 heteroatoms. The Kier molecular flexibility index (Phi) is 4.60. The van der Waals surface area contributed by atoms with Gasteiger partial charge in [0, 0.05) is 17.9 Å². The Bertz CT molecular complexity index is 1230. The van der Waals surface area contributed by atoms with Crippen LogP contribution in [0.15, 0.2) is 30.6 Å². The van der Waals surface area contributed by atoms with Gasteiger partial charge in [-0.15, -0.1) is 0 Å². The molecule has 0 bridgehead atoms. The van der Waals surface area contributed by atoms with E-state index in [0.29, 0.717) is 28.8 Å². The van der Waals surface area contributed by atoms with Gasteiger partial charge in [-0.1, -0.05) is 6.92 Å². The smallest absolute Gasteiger partial charge is 0.341 e. The van der Waals surface area contributed by atoms with Gasteiger partial charge in [0.1, 0.15) is 29.0 Å². The van der Waals surface area contributed by atoms with Gasteiger partial charge in [0.25, 0.3) is 0 Å². The average molecular weight is 434 g/mol. The lowest BCUT2D eigenvalue weighted by atomic mass is 9.88. The van der Waals surface area contributed by atoms with E-state index in [1.165, 1.54) is 0 Å². The number of ether oxygens (including phenoxy) is 2. The average Bonchev–Trinajstić information content (AvgIpc) is 3.53. The fraction of sp³-hybridized carbons (Fsp3) is 0.417. The number of carbonyl (C=O) groups is 1. The zero-order valence-corrected chi connectivity index (χ0v) is 18.7. The van der Waals surface area contributed by atoms with Crippen molar-refractivity contribution in [2.75, 3.05) is 5.32 Å². The number of anilines is 2. The minimum absolute atomic E-state index is 0.230. The number of hydrogen-bond donors (Lipinski definition) is 2. The van der Waals surface area contributed by atoms with Crippen LogP contribution in [0, 0.1) is 0 Å². The predicted molar refractivity (Wildman–Crippen MR) is 121 cm³/mol. The maximum atomic E-state index is 12.0. The number of esters is 1. The second-order valence-electron chi connectivity index (χ2n) is 9.30. The highest BCUT2D eigenvalue weighted by atomic mass is 16.6. The Hall–Kier alpha value is -3.26. The molecule has 1 fully saturated rings. The lowest BCUT2D eigenvalue weighted by Crippen LogP contribution is -2.32. The fourth-order valence-corrected chi connectivity index (χ4v) is 3.88. The van der Waals surface area contributed by atoms with Crippen molar-refractivity contribution in [1.29, 1.82) is 0 Å². The highest BCUT2D eigenvalue weighted by molar-refractivity contribution is 5.94. The molecule has 1 atom stereocenters. The Labute approximate surface area is 186 Å². The molecule has 1 aliphatic heterocycles. The number of nitrogens with two attached hydrogens (primary N) is 1. The minimum atomic E-state index is -0.767. The van der Waals surface area contributed by atoms with E-state index in [-0.39, 0.29) is 12.1 Å². The van der Waals surface area contributed by atoms with Crippen LogP contribution in [0.3, 0.4) is 0 Å². The van der Waals surface area contributed by atoms with E-state index >= 15 is 0 Å². The van der Waals surface area contributed by atoms with Crippen molar-refractivity contribution in [2.45, 2.75) is 64.2 Å². The molecule has 0 aromatic carbocycles. The molecule has 4 heterocycles. The number of fused-ring (bicyclic) bond motifs is 2. The van der Waals surface area contributed by atoms with Gasteiger partial charge in [0.05, 0.1) is 10.9 Å². The molecule has 3 N–H and O–H groups in total. The number of cyclic esters (lactones) is 1. The molecule has 0 unspecified atom stereocenters. The molecule has 3 aromatic heterocycles. The summed E-state index contributed by atoms with van der Waals surface area (Å²) in [5.41, 5.74) is 7.32. The number of rotatable bonds is 6. The molecule has 1 saturated carbocycles. The van der Waals surface area contributed by atoms with Crippen LogP contribution in [-0.4, -0.2) is 27.0 Å². The van der Waals surface area contributed by atoms with Crippen LogP contribution in [0.25, 0.3) is 10.8 Å². The van der Waals surface area contributed by atoms with Gasteiger partial charge in [0.2, 0.25) is 5.88 Å². The third-order valence-corrected chi connectivity index (χ3v) is 6.18. The van der Waals surface area contributed by atoms with Crippen LogP contribution in [0.2, 0.25) is 0 Å². The van der Waals surface area contributed by atoms with E-state index in [2.05, 4.69) is 27.2 Å². The highest BCUT2D eigenvalue weighted by Gasteiger charge is 2.39. The van der Waals surface area contributed by atoms with E-state index in [4.69, 9.17) is 15.2 Å². The first-order chi connectivity index (χ1) is 15.2. The summed E-state index contributed by atoms with van der Waals surface area (Å²) < 4.78 is 11.4. The Morgan fingerprint density at radius 3 is 2.72 bits per heavy atom. The van der Waals surface area contributed by atoms with Crippen molar-refractivity contribution in [3.05, 3.63) is 47.4 Å². The van der Waals surface area contributed by atoms with E-state index in [0.717, 1.165) is 35.6 Å². The van der Waals surface area contributed by atoms with Gasteiger partial charge in [-0.25, -0.2) is 19.7 Å².